The normalized spacial score (nSPS) is 19.1. The maximum Gasteiger partial charge on any atom is 0.222 e. The second-order valence-corrected chi connectivity index (χ2v) is 5.90. The second-order valence-electron chi connectivity index (χ2n) is 5.90. The molecule has 110 valence electrons. The summed E-state index contributed by atoms with van der Waals surface area (Å²) >= 11 is 0. The van der Waals surface area contributed by atoms with E-state index in [1.807, 2.05) is 11.9 Å². The fourth-order valence-electron chi connectivity index (χ4n) is 2.97. The molecule has 1 fully saturated rings. The Hall–Kier alpha value is -1.35. The van der Waals surface area contributed by atoms with Crippen LogP contribution in [0.4, 0.5) is 0 Å². The van der Waals surface area contributed by atoms with Crippen molar-refractivity contribution in [3.05, 3.63) is 34.9 Å². The number of hydrogen-bond acceptors (Lipinski definition) is 2. The molecule has 1 aliphatic heterocycles. The largest absolute Gasteiger partial charge is 0.341 e. The highest BCUT2D eigenvalue weighted by atomic mass is 16.2. The molecule has 1 amide bonds. The van der Waals surface area contributed by atoms with Crippen LogP contribution < -0.4 is 5.32 Å². The number of aryl methyl sites for hydroxylation is 3. The molecule has 3 nitrogen and oxygen atoms in total. The minimum absolute atomic E-state index is 0.296. The average Bonchev–Trinajstić information content (AvgIpc) is 2.46. The van der Waals surface area contributed by atoms with Crippen molar-refractivity contribution in [3.8, 4) is 0 Å². The van der Waals surface area contributed by atoms with Crippen molar-refractivity contribution in [2.24, 2.45) is 0 Å². The summed E-state index contributed by atoms with van der Waals surface area (Å²) < 4.78 is 0. The monoisotopic (exact) mass is 274 g/mol. The molecule has 1 aromatic carbocycles. The van der Waals surface area contributed by atoms with Crippen LogP contribution >= 0.6 is 0 Å². The Morgan fingerprint density at radius 2 is 2.20 bits per heavy atom. The van der Waals surface area contributed by atoms with Gasteiger partial charge in [-0.15, -0.1) is 0 Å². The standard InChI is InChI=1S/C17H26N2O/c1-13-6-7-15(14(2)11-13)8-9-17(20)19-10-4-5-16(12-19)18-3/h6-7,11,16,18H,4-5,8-10,12H2,1-3H3/t16-/m1/s1. The molecule has 3 heteroatoms. The molecule has 0 radical (unpaired) electrons. The van der Waals surface area contributed by atoms with Crippen LogP contribution in [0, 0.1) is 13.8 Å². The lowest BCUT2D eigenvalue weighted by Gasteiger charge is -2.32. The molecule has 0 spiro atoms. The third-order valence-corrected chi connectivity index (χ3v) is 4.29. The Labute approximate surface area is 122 Å². The maximum atomic E-state index is 12.3. The molecule has 2 rings (SSSR count). The van der Waals surface area contributed by atoms with Gasteiger partial charge in [-0.25, -0.2) is 0 Å². The number of rotatable bonds is 4. The van der Waals surface area contributed by atoms with Gasteiger partial charge < -0.3 is 10.2 Å². The number of amides is 1. The smallest absolute Gasteiger partial charge is 0.222 e. The van der Waals surface area contributed by atoms with E-state index in [2.05, 4.69) is 37.4 Å². The first kappa shape index (κ1) is 15.0. The van der Waals surface area contributed by atoms with Gasteiger partial charge in [0.05, 0.1) is 0 Å². The van der Waals surface area contributed by atoms with Crippen molar-refractivity contribution < 1.29 is 4.79 Å². The van der Waals surface area contributed by atoms with Crippen LogP contribution in [0.3, 0.4) is 0 Å². The molecule has 0 aliphatic carbocycles. The van der Waals surface area contributed by atoms with Gasteiger partial charge in [0.15, 0.2) is 0 Å². The summed E-state index contributed by atoms with van der Waals surface area (Å²) in [5, 5.41) is 3.28. The predicted octanol–water partition coefficient (Wildman–Crippen LogP) is 2.45. The summed E-state index contributed by atoms with van der Waals surface area (Å²) in [7, 11) is 1.98. The molecule has 1 aromatic rings. The molecule has 1 atom stereocenters. The highest BCUT2D eigenvalue weighted by Gasteiger charge is 2.22. The number of carbonyl (C=O) groups excluding carboxylic acids is 1. The Balaban J connectivity index is 1.88. The van der Waals surface area contributed by atoms with Crippen molar-refractivity contribution in [3.63, 3.8) is 0 Å². The molecular weight excluding hydrogens is 248 g/mol. The molecular formula is C17H26N2O. The lowest BCUT2D eigenvalue weighted by molar-refractivity contribution is -0.132. The van der Waals surface area contributed by atoms with Crippen molar-refractivity contribution in [2.45, 2.75) is 45.6 Å². The highest BCUT2D eigenvalue weighted by Crippen LogP contribution is 2.15. The third kappa shape index (κ3) is 3.83. The molecule has 0 bridgehead atoms. The fraction of sp³-hybridized carbons (Fsp3) is 0.588. The second kappa shape index (κ2) is 6.89. The lowest BCUT2D eigenvalue weighted by Crippen LogP contribution is -2.47. The number of carbonyl (C=O) groups is 1. The van der Waals surface area contributed by atoms with Gasteiger partial charge in [-0.2, -0.15) is 0 Å². The topological polar surface area (TPSA) is 32.3 Å². The number of hydrogen-bond donors (Lipinski definition) is 1. The predicted molar refractivity (Wildman–Crippen MR) is 82.9 cm³/mol. The van der Waals surface area contributed by atoms with Crippen LogP contribution in [0.2, 0.25) is 0 Å². The van der Waals surface area contributed by atoms with Crippen LogP contribution in [0.25, 0.3) is 0 Å². The highest BCUT2D eigenvalue weighted by molar-refractivity contribution is 5.76. The molecule has 0 saturated carbocycles. The summed E-state index contributed by atoms with van der Waals surface area (Å²) in [6.07, 6.45) is 3.77. The van der Waals surface area contributed by atoms with E-state index >= 15 is 0 Å². The number of likely N-dealkylation sites (N-methyl/N-ethyl adjacent to an activating group) is 1. The maximum absolute atomic E-state index is 12.3. The van der Waals surface area contributed by atoms with Crippen LogP contribution in [0.1, 0.15) is 36.0 Å². The van der Waals surface area contributed by atoms with E-state index in [9.17, 15) is 4.79 Å². The minimum Gasteiger partial charge on any atom is -0.341 e. The van der Waals surface area contributed by atoms with Crippen molar-refractivity contribution >= 4 is 5.91 Å². The summed E-state index contributed by atoms with van der Waals surface area (Å²) in [4.78, 5) is 14.3. The van der Waals surface area contributed by atoms with Crippen LogP contribution in [-0.4, -0.2) is 37.0 Å². The van der Waals surface area contributed by atoms with Gasteiger partial charge in [0, 0.05) is 25.6 Å². The summed E-state index contributed by atoms with van der Waals surface area (Å²) in [5.41, 5.74) is 3.88. The molecule has 1 saturated heterocycles. The molecule has 0 aromatic heterocycles. The van der Waals surface area contributed by atoms with E-state index in [1.165, 1.54) is 23.1 Å². The number of likely N-dealkylation sites (tertiary alicyclic amines) is 1. The van der Waals surface area contributed by atoms with Crippen LogP contribution in [0.5, 0.6) is 0 Å². The number of nitrogens with zero attached hydrogens (tertiary/aromatic N) is 1. The lowest BCUT2D eigenvalue weighted by atomic mass is 10.0. The Morgan fingerprint density at radius 3 is 2.90 bits per heavy atom. The van der Waals surface area contributed by atoms with E-state index < -0.39 is 0 Å². The summed E-state index contributed by atoms with van der Waals surface area (Å²) in [6, 6.07) is 6.95. The van der Waals surface area contributed by atoms with E-state index in [0.29, 0.717) is 18.4 Å². The van der Waals surface area contributed by atoms with E-state index in [4.69, 9.17) is 0 Å². The zero-order valence-corrected chi connectivity index (χ0v) is 12.9. The Morgan fingerprint density at radius 1 is 1.40 bits per heavy atom. The number of piperidine rings is 1. The average molecular weight is 274 g/mol. The van der Waals surface area contributed by atoms with Gasteiger partial charge in [-0.3, -0.25) is 4.79 Å². The third-order valence-electron chi connectivity index (χ3n) is 4.29. The van der Waals surface area contributed by atoms with Crippen LogP contribution in [0.15, 0.2) is 18.2 Å². The van der Waals surface area contributed by atoms with Gasteiger partial charge >= 0.3 is 0 Å². The van der Waals surface area contributed by atoms with E-state index in [-0.39, 0.29) is 0 Å². The Kier molecular flexibility index (Phi) is 5.18. The van der Waals surface area contributed by atoms with E-state index in [1.54, 1.807) is 0 Å². The van der Waals surface area contributed by atoms with Gasteiger partial charge in [-0.1, -0.05) is 23.8 Å². The van der Waals surface area contributed by atoms with Crippen molar-refractivity contribution in [1.82, 2.24) is 10.2 Å². The first-order valence-electron chi connectivity index (χ1n) is 7.61. The summed E-state index contributed by atoms with van der Waals surface area (Å²) in [6.45, 7) is 6.02. The molecule has 1 aliphatic rings. The van der Waals surface area contributed by atoms with Crippen LogP contribution in [-0.2, 0) is 11.2 Å². The first-order valence-corrected chi connectivity index (χ1v) is 7.61. The molecule has 0 unspecified atom stereocenters. The van der Waals surface area contributed by atoms with Gasteiger partial charge in [0.1, 0.15) is 0 Å². The van der Waals surface area contributed by atoms with Gasteiger partial charge in [-0.05, 0) is 51.3 Å². The quantitative estimate of drug-likeness (QED) is 0.914. The SMILES string of the molecule is CN[C@@H]1CCCN(C(=O)CCc2ccc(C)cc2C)C1. The van der Waals surface area contributed by atoms with Crippen molar-refractivity contribution in [1.29, 1.82) is 0 Å². The molecule has 1 N–H and O–H groups in total. The molecule has 1 heterocycles. The zero-order valence-electron chi connectivity index (χ0n) is 12.9. The fourth-order valence-corrected chi connectivity index (χ4v) is 2.97. The zero-order chi connectivity index (χ0) is 14.5. The number of benzene rings is 1. The first-order chi connectivity index (χ1) is 9.60. The summed E-state index contributed by atoms with van der Waals surface area (Å²) in [5.74, 6) is 0.296. The Bertz CT molecular complexity index is 470. The van der Waals surface area contributed by atoms with Crippen molar-refractivity contribution in [2.75, 3.05) is 20.1 Å². The number of nitrogens with one attached hydrogen (secondary N) is 1. The van der Waals surface area contributed by atoms with Gasteiger partial charge in [0.25, 0.3) is 0 Å². The minimum atomic E-state index is 0.296. The van der Waals surface area contributed by atoms with E-state index in [0.717, 1.165) is 25.9 Å². The molecule has 20 heavy (non-hydrogen) atoms. The van der Waals surface area contributed by atoms with Gasteiger partial charge in [0.2, 0.25) is 5.91 Å².